The van der Waals surface area contributed by atoms with E-state index < -0.39 is 28.1 Å². The van der Waals surface area contributed by atoms with Crippen LogP contribution in [0.5, 0.6) is 0 Å². The monoisotopic (exact) mass is 421 g/mol. The minimum atomic E-state index is -3.77. The van der Waals surface area contributed by atoms with Crippen LogP contribution in [0.4, 0.5) is 4.79 Å². The number of hydrogen-bond donors (Lipinski definition) is 2. The largest absolute Gasteiger partial charge is 0.466 e. The maximum absolute atomic E-state index is 13.4. The number of urea groups is 1. The van der Waals surface area contributed by atoms with Crippen LogP contribution in [0.3, 0.4) is 0 Å². The van der Waals surface area contributed by atoms with Gasteiger partial charge in [0.2, 0.25) is 10.0 Å². The van der Waals surface area contributed by atoms with Gasteiger partial charge in [0, 0.05) is 18.8 Å². The molecule has 2 heterocycles. The second kappa shape index (κ2) is 8.54. The summed E-state index contributed by atoms with van der Waals surface area (Å²) < 4.78 is 33.1. The zero-order valence-electron chi connectivity index (χ0n) is 16.9. The molecule has 0 aliphatic carbocycles. The second-order valence-electron chi connectivity index (χ2n) is 7.51. The molecular formula is C20H27N3O5S. The third-order valence-electron chi connectivity index (χ3n) is 5.25. The van der Waals surface area contributed by atoms with Gasteiger partial charge in [-0.15, -0.1) is 0 Å². The number of amides is 2. The zero-order valence-corrected chi connectivity index (χ0v) is 17.7. The maximum Gasteiger partial charge on any atom is 0.337 e. The van der Waals surface area contributed by atoms with Crippen LogP contribution in [-0.4, -0.2) is 44.9 Å². The fourth-order valence-corrected chi connectivity index (χ4v) is 5.56. The molecule has 2 N–H and O–H groups in total. The van der Waals surface area contributed by atoms with Crippen molar-refractivity contribution in [1.29, 1.82) is 0 Å². The number of methoxy groups -OCH3 is 1. The molecule has 1 atom stereocenters. The predicted molar refractivity (Wildman–Crippen MR) is 107 cm³/mol. The molecule has 2 amide bonds. The van der Waals surface area contributed by atoms with E-state index in [2.05, 4.69) is 10.6 Å². The van der Waals surface area contributed by atoms with Crippen LogP contribution in [-0.2, 0) is 19.6 Å². The molecule has 9 heteroatoms. The molecule has 0 bridgehead atoms. The number of piperidine rings is 1. The quantitative estimate of drug-likeness (QED) is 0.710. The summed E-state index contributed by atoms with van der Waals surface area (Å²) in [6.45, 7) is 4.62. The molecule has 1 fully saturated rings. The van der Waals surface area contributed by atoms with E-state index in [1.54, 1.807) is 18.2 Å². The molecule has 0 saturated carbocycles. The lowest BCUT2D eigenvalue weighted by atomic mass is 9.91. The van der Waals surface area contributed by atoms with Crippen LogP contribution in [0.2, 0.25) is 0 Å². The first-order chi connectivity index (χ1) is 13.8. The number of sulfonamides is 1. The molecule has 0 spiro atoms. The normalized spacial score (nSPS) is 21.0. The van der Waals surface area contributed by atoms with Crippen molar-refractivity contribution in [2.75, 3.05) is 20.2 Å². The third-order valence-corrected chi connectivity index (χ3v) is 7.22. The van der Waals surface area contributed by atoms with Gasteiger partial charge < -0.3 is 15.4 Å². The second-order valence-corrected chi connectivity index (χ2v) is 9.41. The molecule has 2 aliphatic heterocycles. The Morgan fingerprint density at radius 3 is 2.45 bits per heavy atom. The van der Waals surface area contributed by atoms with E-state index >= 15 is 0 Å². The lowest BCUT2D eigenvalue weighted by Crippen LogP contribution is -2.47. The van der Waals surface area contributed by atoms with Crippen molar-refractivity contribution in [3.05, 3.63) is 41.1 Å². The van der Waals surface area contributed by atoms with E-state index in [0.29, 0.717) is 24.4 Å². The van der Waals surface area contributed by atoms with Crippen LogP contribution in [0.15, 0.2) is 40.4 Å². The molecule has 8 nitrogen and oxygen atoms in total. The Labute approximate surface area is 171 Å². The van der Waals surface area contributed by atoms with Crippen molar-refractivity contribution in [3.8, 4) is 0 Å². The standard InChI is InChI=1S/C20H27N3O5S/c1-13(2)17-16(19(24)28-3)18(22-20(25)21-17)14-9-5-6-10-15(14)29(26,27)23-11-7-4-8-12-23/h5-6,9-10,13,18H,4,7-8,11-12H2,1-3H3,(H2,21,22,25). The summed E-state index contributed by atoms with van der Waals surface area (Å²) >= 11 is 0. The summed E-state index contributed by atoms with van der Waals surface area (Å²) in [4.78, 5) is 25.0. The molecule has 3 rings (SSSR count). The molecule has 2 aliphatic rings. The van der Waals surface area contributed by atoms with E-state index in [1.165, 1.54) is 17.5 Å². The summed E-state index contributed by atoms with van der Waals surface area (Å²) in [7, 11) is -2.51. The van der Waals surface area contributed by atoms with Gasteiger partial charge in [-0.3, -0.25) is 0 Å². The lowest BCUT2D eigenvalue weighted by Gasteiger charge is -2.33. The number of benzene rings is 1. The SMILES string of the molecule is COC(=O)C1=C(C(C)C)NC(=O)NC1c1ccccc1S(=O)(=O)N1CCCCC1. The molecule has 1 saturated heterocycles. The lowest BCUT2D eigenvalue weighted by molar-refractivity contribution is -0.136. The van der Waals surface area contributed by atoms with Gasteiger partial charge >= 0.3 is 12.0 Å². The van der Waals surface area contributed by atoms with Crippen molar-refractivity contribution < 1.29 is 22.7 Å². The smallest absolute Gasteiger partial charge is 0.337 e. The van der Waals surface area contributed by atoms with Crippen LogP contribution in [0.1, 0.15) is 44.7 Å². The Kier molecular flexibility index (Phi) is 6.28. The summed E-state index contributed by atoms with van der Waals surface area (Å²) in [5.74, 6) is -0.778. The molecule has 1 aromatic carbocycles. The number of allylic oxidation sites excluding steroid dienone is 1. The molecular weight excluding hydrogens is 394 g/mol. The molecule has 1 aromatic rings. The first-order valence-corrected chi connectivity index (χ1v) is 11.2. The van der Waals surface area contributed by atoms with Crippen molar-refractivity contribution in [3.63, 3.8) is 0 Å². The van der Waals surface area contributed by atoms with E-state index in [0.717, 1.165) is 19.3 Å². The number of nitrogens with one attached hydrogen (secondary N) is 2. The Morgan fingerprint density at radius 1 is 1.17 bits per heavy atom. The predicted octanol–water partition coefficient (Wildman–Crippen LogP) is 2.30. The number of ether oxygens (including phenoxy) is 1. The average Bonchev–Trinajstić information content (AvgIpc) is 2.73. The van der Waals surface area contributed by atoms with Crippen molar-refractivity contribution in [2.45, 2.75) is 44.0 Å². The number of esters is 1. The highest BCUT2D eigenvalue weighted by atomic mass is 32.2. The van der Waals surface area contributed by atoms with Gasteiger partial charge in [0.25, 0.3) is 0 Å². The van der Waals surface area contributed by atoms with Crippen molar-refractivity contribution in [1.82, 2.24) is 14.9 Å². The van der Waals surface area contributed by atoms with Gasteiger partial charge in [0.15, 0.2) is 0 Å². The number of carbonyl (C=O) groups excluding carboxylic acids is 2. The fourth-order valence-electron chi connectivity index (χ4n) is 3.81. The minimum Gasteiger partial charge on any atom is -0.466 e. The summed E-state index contributed by atoms with van der Waals surface area (Å²) in [5.41, 5.74) is 0.991. The van der Waals surface area contributed by atoms with Crippen LogP contribution in [0.25, 0.3) is 0 Å². The van der Waals surface area contributed by atoms with Crippen LogP contribution >= 0.6 is 0 Å². The molecule has 29 heavy (non-hydrogen) atoms. The van der Waals surface area contributed by atoms with E-state index in [1.807, 2.05) is 13.8 Å². The molecule has 1 unspecified atom stereocenters. The van der Waals surface area contributed by atoms with Gasteiger partial charge in [-0.1, -0.05) is 38.5 Å². The third kappa shape index (κ3) is 4.16. The van der Waals surface area contributed by atoms with Gasteiger partial charge in [0.1, 0.15) is 0 Å². The van der Waals surface area contributed by atoms with Crippen LogP contribution in [0, 0.1) is 5.92 Å². The summed E-state index contributed by atoms with van der Waals surface area (Å²) in [6.07, 6.45) is 2.64. The van der Waals surface area contributed by atoms with Crippen molar-refractivity contribution >= 4 is 22.0 Å². The zero-order chi connectivity index (χ0) is 21.2. The van der Waals surface area contributed by atoms with E-state index in [-0.39, 0.29) is 16.4 Å². The molecule has 0 radical (unpaired) electrons. The Morgan fingerprint density at radius 2 is 1.83 bits per heavy atom. The van der Waals surface area contributed by atoms with Crippen molar-refractivity contribution in [2.24, 2.45) is 5.92 Å². The highest BCUT2D eigenvalue weighted by Gasteiger charge is 2.38. The maximum atomic E-state index is 13.4. The highest BCUT2D eigenvalue weighted by Crippen LogP contribution is 2.35. The first kappa shape index (κ1) is 21.3. The van der Waals surface area contributed by atoms with Gasteiger partial charge in [-0.25, -0.2) is 18.0 Å². The fraction of sp³-hybridized carbons (Fsp3) is 0.500. The Bertz CT molecular complexity index is 933. The van der Waals surface area contributed by atoms with Gasteiger partial charge in [-0.05, 0) is 30.4 Å². The number of rotatable bonds is 5. The highest BCUT2D eigenvalue weighted by molar-refractivity contribution is 7.89. The minimum absolute atomic E-state index is 0.0959. The van der Waals surface area contributed by atoms with Gasteiger partial charge in [-0.2, -0.15) is 4.31 Å². The van der Waals surface area contributed by atoms with Gasteiger partial charge in [0.05, 0.1) is 23.6 Å². The average molecular weight is 422 g/mol. The van der Waals surface area contributed by atoms with Crippen LogP contribution < -0.4 is 10.6 Å². The molecule has 158 valence electrons. The first-order valence-electron chi connectivity index (χ1n) is 9.76. The van der Waals surface area contributed by atoms with E-state index in [4.69, 9.17) is 4.74 Å². The number of nitrogens with zero attached hydrogens (tertiary/aromatic N) is 1. The summed E-state index contributed by atoms with van der Waals surface area (Å²) in [6, 6.07) is 5.09. The molecule has 0 aromatic heterocycles. The Hall–Kier alpha value is -2.39. The summed E-state index contributed by atoms with van der Waals surface area (Å²) in [5, 5.41) is 5.38. The number of carbonyl (C=O) groups is 2. The number of hydrogen-bond acceptors (Lipinski definition) is 5. The topological polar surface area (TPSA) is 105 Å². The Balaban J connectivity index is 2.16. The van der Waals surface area contributed by atoms with E-state index in [9.17, 15) is 18.0 Å².